The zero-order valence-corrected chi connectivity index (χ0v) is 7.66. The number of ketones is 1. The molecule has 0 bridgehead atoms. The van der Waals surface area contributed by atoms with E-state index in [-0.39, 0.29) is 17.1 Å². The number of aliphatic hydroxyl groups excluding tert-OH is 1. The van der Waals surface area contributed by atoms with Gasteiger partial charge in [0.15, 0.2) is 5.78 Å². The first-order chi connectivity index (χ1) is 6.07. The number of rotatable bonds is 1. The predicted octanol–water partition coefficient (Wildman–Crippen LogP) is 0.970. The van der Waals surface area contributed by atoms with Crippen LogP contribution in [0.4, 0.5) is 0 Å². The van der Waals surface area contributed by atoms with Gasteiger partial charge in [0.05, 0.1) is 7.11 Å². The van der Waals surface area contributed by atoms with Crippen molar-refractivity contribution in [2.75, 3.05) is 7.11 Å². The number of esters is 1. The van der Waals surface area contributed by atoms with E-state index in [1.807, 2.05) is 0 Å². The minimum atomic E-state index is -0.650. The van der Waals surface area contributed by atoms with E-state index in [1.165, 1.54) is 14.0 Å². The average molecular weight is 184 g/mol. The quantitative estimate of drug-likeness (QED) is 0.617. The van der Waals surface area contributed by atoms with Crippen LogP contribution in [0.2, 0.25) is 0 Å². The fourth-order valence-electron chi connectivity index (χ4n) is 1.38. The zero-order chi connectivity index (χ0) is 10.0. The van der Waals surface area contributed by atoms with Gasteiger partial charge >= 0.3 is 5.97 Å². The Kier molecular flexibility index (Phi) is 2.70. The van der Waals surface area contributed by atoms with E-state index in [4.69, 9.17) is 0 Å². The third-order valence-electron chi connectivity index (χ3n) is 2.28. The lowest BCUT2D eigenvalue weighted by molar-refractivity contribution is -0.145. The lowest BCUT2D eigenvalue weighted by Crippen LogP contribution is -2.25. The third-order valence-corrected chi connectivity index (χ3v) is 2.28. The zero-order valence-electron chi connectivity index (χ0n) is 7.66. The molecule has 72 valence electrons. The molecule has 1 rings (SSSR count). The number of carbonyl (C=O) groups is 2. The molecule has 4 heteroatoms. The highest BCUT2D eigenvalue weighted by molar-refractivity contribution is 5.97. The molecule has 0 saturated heterocycles. The summed E-state index contributed by atoms with van der Waals surface area (Å²) in [6, 6.07) is 0. The molecule has 1 aliphatic rings. The van der Waals surface area contributed by atoms with Crippen molar-refractivity contribution in [3.8, 4) is 0 Å². The van der Waals surface area contributed by atoms with Gasteiger partial charge in [-0.3, -0.25) is 9.59 Å². The van der Waals surface area contributed by atoms with Crippen LogP contribution in [0.5, 0.6) is 0 Å². The minimum Gasteiger partial charge on any atom is -0.511 e. The Morgan fingerprint density at radius 1 is 1.62 bits per heavy atom. The second kappa shape index (κ2) is 3.60. The van der Waals surface area contributed by atoms with E-state index >= 15 is 0 Å². The Morgan fingerprint density at radius 2 is 2.23 bits per heavy atom. The molecule has 0 radical (unpaired) electrons. The minimum absolute atomic E-state index is 0.0994. The molecule has 0 saturated carbocycles. The molecule has 0 spiro atoms. The summed E-state index contributed by atoms with van der Waals surface area (Å²) >= 11 is 0. The number of hydrogen-bond donors (Lipinski definition) is 1. The van der Waals surface area contributed by atoms with Crippen molar-refractivity contribution < 1.29 is 19.4 Å². The molecule has 1 atom stereocenters. The smallest absolute Gasteiger partial charge is 0.316 e. The van der Waals surface area contributed by atoms with Gasteiger partial charge in [-0.25, -0.2) is 0 Å². The number of hydrogen-bond acceptors (Lipinski definition) is 4. The fraction of sp³-hybridized carbons (Fsp3) is 0.556. The molecule has 0 aromatic rings. The largest absolute Gasteiger partial charge is 0.511 e. The maximum absolute atomic E-state index is 11.1. The van der Waals surface area contributed by atoms with Crippen LogP contribution in [0.3, 0.4) is 0 Å². The predicted molar refractivity (Wildman–Crippen MR) is 45.1 cm³/mol. The molecule has 0 fully saturated rings. The van der Waals surface area contributed by atoms with Crippen LogP contribution in [0.15, 0.2) is 11.3 Å². The lowest BCUT2D eigenvalue weighted by atomic mass is 9.88. The molecule has 0 aromatic heterocycles. The molecule has 0 amide bonds. The van der Waals surface area contributed by atoms with Gasteiger partial charge in [-0.15, -0.1) is 0 Å². The van der Waals surface area contributed by atoms with Crippen molar-refractivity contribution in [2.45, 2.75) is 19.8 Å². The highest BCUT2D eigenvalue weighted by atomic mass is 16.5. The summed E-state index contributed by atoms with van der Waals surface area (Å²) in [6.07, 6.45) is 0.643. The van der Waals surface area contributed by atoms with E-state index in [0.29, 0.717) is 12.8 Å². The molecule has 0 aliphatic heterocycles. The molecule has 1 N–H and O–H groups in total. The van der Waals surface area contributed by atoms with Gasteiger partial charge in [0.1, 0.15) is 11.7 Å². The van der Waals surface area contributed by atoms with Gasteiger partial charge in [-0.1, -0.05) is 0 Å². The molecule has 0 heterocycles. The van der Waals surface area contributed by atoms with Crippen molar-refractivity contribution in [3.63, 3.8) is 0 Å². The number of aliphatic hydroxyl groups is 1. The van der Waals surface area contributed by atoms with Crippen LogP contribution in [0.1, 0.15) is 19.8 Å². The Labute approximate surface area is 76.2 Å². The number of allylic oxidation sites excluding steroid dienone is 1. The number of methoxy groups -OCH3 is 1. The molecule has 13 heavy (non-hydrogen) atoms. The topological polar surface area (TPSA) is 63.6 Å². The van der Waals surface area contributed by atoms with Crippen molar-refractivity contribution in [3.05, 3.63) is 11.3 Å². The molecular formula is C9H12O4. The summed E-state index contributed by atoms with van der Waals surface area (Å²) in [5, 5.41) is 9.47. The highest BCUT2D eigenvalue weighted by Gasteiger charge is 2.31. The second-order valence-electron chi connectivity index (χ2n) is 3.05. The Morgan fingerprint density at radius 3 is 2.77 bits per heavy atom. The summed E-state index contributed by atoms with van der Waals surface area (Å²) in [5.41, 5.74) is 0.279. The maximum Gasteiger partial charge on any atom is 0.316 e. The van der Waals surface area contributed by atoms with Crippen LogP contribution in [-0.4, -0.2) is 24.0 Å². The Balaban J connectivity index is 2.92. The summed E-state index contributed by atoms with van der Waals surface area (Å²) < 4.78 is 4.50. The molecule has 4 nitrogen and oxygen atoms in total. The highest BCUT2D eigenvalue weighted by Crippen LogP contribution is 2.26. The van der Waals surface area contributed by atoms with Crippen molar-refractivity contribution >= 4 is 11.8 Å². The van der Waals surface area contributed by atoms with Crippen molar-refractivity contribution in [2.24, 2.45) is 5.92 Å². The summed E-state index contributed by atoms with van der Waals surface area (Å²) in [5.74, 6) is -1.37. The third kappa shape index (κ3) is 1.71. The van der Waals surface area contributed by atoms with E-state index < -0.39 is 11.9 Å². The summed E-state index contributed by atoms with van der Waals surface area (Å²) in [6.45, 7) is 1.52. The van der Waals surface area contributed by atoms with Crippen molar-refractivity contribution in [1.82, 2.24) is 0 Å². The Bertz CT molecular complexity index is 277. The molecule has 0 aromatic carbocycles. The number of carbonyl (C=O) groups excluding carboxylic acids is 2. The van der Waals surface area contributed by atoms with Gasteiger partial charge in [0, 0.05) is 12.0 Å². The van der Waals surface area contributed by atoms with Crippen LogP contribution < -0.4 is 0 Å². The van der Waals surface area contributed by atoms with Crippen LogP contribution in [-0.2, 0) is 14.3 Å². The monoisotopic (exact) mass is 184 g/mol. The maximum atomic E-state index is 11.1. The first-order valence-corrected chi connectivity index (χ1v) is 4.08. The fourth-order valence-corrected chi connectivity index (χ4v) is 1.38. The SMILES string of the molecule is COC(=O)C1CCC(=O)C(C)=C1O. The average Bonchev–Trinajstić information content (AvgIpc) is 2.13. The van der Waals surface area contributed by atoms with E-state index in [1.54, 1.807) is 0 Å². The number of ether oxygens (including phenoxy) is 1. The van der Waals surface area contributed by atoms with Gasteiger partial charge in [-0.2, -0.15) is 0 Å². The van der Waals surface area contributed by atoms with Crippen LogP contribution >= 0.6 is 0 Å². The molecular weight excluding hydrogens is 172 g/mol. The standard InChI is InChI=1S/C9H12O4/c1-5-7(10)4-3-6(8(5)11)9(12)13-2/h6,11H,3-4H2,1-2H3. The van der Waals surface area contributed by atoms with Gasteiger partial charge < -0.3 is 9.84 Å². The van der Waals surface area contributed by atoms with Crippen LogP contribution in [0.25, 0.3) is 0 Å². The van der Waals surface area contributed by atoms with Gasteiger partial charge in [-0.05, 0) is 13.3 Å². The van der Waals surface area contributed by atoms with E-state index in [0.717, 1.165) is 0 Å². The normalized spacial score (nSPS) is 23.2. The number of Topliss-reactive ketones (excluding diaryl/α,β-unsaturated/α-hetero) is 1. The van der Waals surface area contributed by atoms with Crippen LogP contribution in [0, 0.1) is 5.92 Å². The Hall–Kier alpha value is -1.32. The summed E-state index contributed by atoms with van der Waals surface area (Å²) in [7, 11) is 1.27. The first kappa shape index (κ1) is 9.77. The van der Waals surface area contributed by atoms with Gasteiger partial charge in [0.25, 0.3) is 0 Å². The molecule has 1 unspecified atom stereocenters. The first-order valence-electron chi connectivity index (χ1n) is 4.08. The van der Waals surface area contributed by atoms with Gasteiger partial charge in [0.2, 0.25) is 0 Å². The molecule has 1 aliphatic carbocycles. The second-order valence-corrected chi connectivity index (χ2v) is 3.05. The van der Waals surface area contributed by atoms with E-state index in [9.17, 15) is 14.7 Å². The summed E-state index contributed by atoms with van der Waals surface area (Å²) in [4.78, 5) is 22.2. The van der Waals surface area contributed by atoms with E-state index in [2.05, 4.69) is 4.74 Å². The lowest BCUT2D eigenvalue weighted by Gasteiger charge is -2.19. The van der Waals surface area contributed by atoms with Crippen molar-refractivity contribution in [1.29, 1.82) is 0 Å².